The van der Waals surface area contributed by atoms with E-state index in [1.54, 1.807) is 0 Å². The molecule has 0 bridgehead atoms. The molecule has 0 amide bonds. The molecule has 0 N–H and O–H groups in total. The molecule has 0 radical (unpaired) electrons. The summed E-state index contributed by atoms with van der Waals surface area (Å²) in [6.07, 6.45) is 3.70. The number of hydrogen-bond donors (Lipinski definition) is 0. The van der Waals surface area contributed by atoms with Crippen LogP contribution in [0.3, 0.4) is 0 Å². The molecule has 1 aromatic heterocycles. The van der Waals surface area contributed by atoms with Gasteiger partial charge >= 0.3 is 5.97 Å². The van der Waals surface area contributed by atoms with Gasteiger partial charge in [-0.3, -0.25) is 4.79 Å². The average Bonchev–Trinajstić information content (AvgIpc) is 2.72. The number of benzene rings is 1. The molecule has 2 aromatic rings. The van der Waals surface area contributed by atoms with Crippen LogP contribution >= 0.6 is 0 Å². The number of nitrogens with zero attached hydrogens (tertiary/aromatic N) is 1. The summed E-state index contributed by atoms with van der Waals surface area (Å²) in [5.41, 5.74) is 2.11. The first kappa shape index (κ1) is 11.5. The molecule has 0 atom stereocenters. The van der Waals surface area contributed by atoms with Crippen molar-refractivity contribution >= 4 is 22.9 Å². The van der Waals surface area contributed by atoms with Crippen molar-refractivity contribution in [3.63, 3.8) is 0 Å². The van der Waals surface area contributed by atoms with Crippen molar-refractivity contribution in [2.45, 2.75) is 13.5 Å². The van der Waals surface area contributed by atoms with Crippen molar-refractivity contribution < 1.29 is 9.53 Å². The lowest BCUT2D eigenvalue weighted by molar-refractivity contribution is -0.143. The summed E-state index contributed by atoms with van der Waals surface area (Å²) < 4.78 is 6.82. The second-order valence-corrected chi connectivity index (χ2v) is 3.77. The highest BCUT2D eigenvalue weighted by molar-refractivity contribution is 5.84. The normalized spacial score (nSPS) is 10.4. The first-order valence-electron chi connectivity index (χ1n) is 5.61. The molecule has 0 aliphatic carbocycles. The van der Waals surface area contributed by atoms with Gasteiger partial charge in [-0.1, -0.05) is 18.7 Å². The fraction of sp³-hybridized carbons (Fsp3) is 0.214. The monoisotopic (exact) mass is 229 g/mol. The lowest BCUT2D eigenvalue weighted by Gasteiger charge is -2.05. The molecular formula is C14H15NO2. The molecule has 3 nitrogen and oxygen atoms in total. The zero-order valence-electron chi connectivity index (χ0n) is 9.85. The number of ether oxygens (including phenoxy) is 1. The zero-order valence-corrected chi connectivity index (χ0v) is 9.85. The highest BCUT2D eigenvalue weighted by atomic mass is 16.5. The third kappa shape index (κ3) is 2.38. The van der Waals surface area contributed by atoms with Crippen LogP contribution in [-0.2, 0) is 16.1 Å². The number of hydrogen-bond acceptors (Lipinski definition) is 2. The predicted molar refractivity (Wildman–Crippen MR) is 68.7 cm³/mol. The molecule has 1 aromatic carbocycles. The Bertz CT molecular complexity index is 554. The summed E-state index contributed by atoms with van der Waals surface area (Å²) in [6, 6.07) is 8.01. The molecule has 17 heavy (non-hydrogen) atoms. The van der Waals surface area contributed by atoms with Crippen LogP contribution in [0.2, 0.25) is 0 Å². The van der Waals surface area contributed by atoms with Gasteiger partial charge in [0.05, 0.1) is 6.61 Å². The van der Waals surface area contributed by atoms with E-state index in [-0.39, 0.29) is 12.5 Å². The van der Waals surface area contributed by atoms with Gasteiger partial charge in [0.15, 0.2) is 0 Å². The maximum Gasteiger partial charge on any atom is 0.325 e. The highest BCUT2D eigenvalue weighted by Crippen LogP contribution is 2.18. The largest absolute Gasteiger partial charge is 0.465 e. The van der Waals surface area contributed by atoms with Crippen LogP contribution < -0.4 is 0 Å². The van der Waals surface area contributed by atoms with Crippen molar-refractivity contribution in [3.05, 3.63) is 42.6 Å². The quantitative estimate of drug-likeness (QED) is 0.755. The maximum absolute atomic E-state index is 11.4. The van der Waals surface area contributed by atoms with E-state index in [9.17, 15) is 4.79 Å². The Labute approximate surface area is 100 Å². The second kappa shape index (κ2) is 4.87. The van der Waals surface area contributed by atoms with Gasteiger partial charge in [0, 0.05) is 17.1 Å². The van der Waals surface area contributed by atoms with Crippen LogP contribution in [0, 0.1) is 0 Å². The number of carbonyl (C=O) groups excluding carboxylic acids is 1. The lowest BCUT2D eigenvalue weighted by atomic mass is 10.1. The Hall–Kier alpha value is -2.03. The van der Waals surface area contributed by atoms with Gasteiger partial charge in [-0.25, -0.2) is 0 Å². The van der Waals surface area contributed by atoms with E-state index in [4.69, 9.17) is 4.74 Å². The van der Waals surface area contributed by atoms with Crippen molar-refractivity contribution in [2.75, 3.05) is 6.61 Å². The van der Waals surface area contributed by atoms with Gasteiger partial charge in [0.2, 0.25) is 0 Å². The number of esters is 1. The molecule has 2 rings (SSSR count). The highest BCUT2D eigenvalue weighted by Gasteiger charge is 2.06. The number of fused-ring (bicyclic) bond motifs is 1. The topological polar surface area (TPSA) is 31.2 Å². The summed E-state index contributed by atoms with van der Waals surface area (Å²) in [5.74, 6) is -0.210. The molecule has 0 spiro atoms. The van der Waals surface area contributed by atoms with Gasteiger partial charge < -0.3 is 9.30 Å². The summed E-state index contributed by atoms with van der Waals surface area (Å²) in [7, 11) is 0. The summed E-state index contributed by atoms with van der Waals surface area (Å²) in [5, 5.41) is 1.10. The van der Waals surface area contributed by atoms with E-state index in [0.717, 1.165) is 16.5 Å². The maximum atomic E-state index is 11.4. The molecule has 0 fully saturated rings. The van der Waals surface area contributed by atoms with Crippen molar-refractivity contribution in [2.24, 2.45) is 0 Å². The van der Waals surface area contributed by atoms with Crippen LogP contribution in [0.4, 0.5) is 0 Å². The van der Waals surface area contributed by atoms with Crippen LogP contribution in [0.25, 0.3) is 17.0 Å². The molecular weight excluding hydrogens is 214 g/mol. The van der Waals surface area contributed by atoms with Crippen molar-refractivity contribution in [1.82, 2.24) is 4.57 Å². The van der Waals surface area contributed by atoms with E-state index in [1.165, 1.54) is 0 Å². The van der Waals surface area contributed by atoms with E-state index in [0.29, 0.717) is 6.61 Å². The fourth-order valence-corrected chi connectivity index (χ4v) is 1.83. The molecule has 0 aliphatic heterocycles. The van der Waals surface area contributed by atoms with Gasteiger partial charge in [-0.2, -0.15) is 0 Å². The van der Waals surface area contributed by atoms with E-state index >= 15 is 0 Å². The summed E-state index contributed by atoms with van der Waals surface area (Å²) in [6.45, 7) is 6.21. The van der Waals surface area contributed by atoms with E-state index in [1.807, 2.05) is 48.0 Å². The Morgan fingerprint density at radius 1 is 1.47 bits per heavy atom. The molecule has 0 aliphatic rings. The number of aromatic nitrogens is 1. The van der Waals surface area contributed by atoms with Crippen molar-refractivity contribution in [3.8, 4) is 0 Å². The van der Waals surface area contributed by atoms with Crippen LogP contribution in [0.1, 0.15) is 12.5 Å². The second-order valence-electron chi connectivity index (χ2n) is 3.77. The average molecular weight is 229 g/mol. The Balaban J connectivity index is 2.30. The molecule has 1 heterocycles. The minimum atomic E-state index is -0.210. The third-order valence-electron chi connectivity index (χ3n) is 2.64. The van der Waals surface area contributed by atoms with Gasteiger partial charge in [0.25, 0.3) is 0 Å². The van der Waals surface area contributed by atoms with E-state index < -0.39 is 0 Å². The zero-order chi connectivity index (χ0) is 12.3. The Morgan fingerprint density at radius 2 is 2.29 bits per heavy atom. The van der Waals surface area contributed by atoms with Crippen LogP contribution in [0.15, 0.2) is 37.0 Å². The minimum Gasteiger partial charge on any atom is -0.465 e. The van der Waals surface area contributed by atoms with E-state index in [2.05, 4.69) is 6.58 Å². The standard InChI is InChI=1S/C14H15NO2/c1-3-11-5-6-13-12(9-11)7-8-15(13)10-14(16)17-4-2/h3,5-9H,1,4,10H2,2H3. The predicted octanol–water partition coefficient (Wildman–Crippen LogP) is 2.85. The third-order valence-corrected chi connectivity index (χ3v) is 2.64. The lowest BCUT2D eigenvalue weighted by Crippen LogP contribution is -2.12. The molecule has 3 heteroatoms. The first-order chi connectivity index (χ1) is 8.24. The number of rotatable bonds is 4. The van der Waals surface area contributed by atoms with Gasteiger partial charge in [0.1, 0.15) is 6.54 Å². The SMILES string of the molecule is C=Cc1ccc2c(ccn2CC(=O)OCC)c1. The molecule has 88 valence electrons. The number of carbonyl (C=O) groups is 1. The Kier molecular flexibility index (Phi) is 3.28. The van der Waals surface area contributed by atoms with Gasteiger partial charge in [-0.05, 0) is 30.7 Å². The van der Waals surface area contributed by atoms with Crippen LogP contribution in [0.5, 0.6) is 0 Å². The molecule has 0 saturated heterocycles. The smallest absolute Gasteiger partial charge is 0.325 e. The minimum absolute atomic E-state index is 0.210. The van der Waals surface area contributed by atoms with Gasteiger partial charge in [-0.15, -0.1) is 0 Å². The summed E-state index contributed by atoms with van der Waals surface area (Å²) in [4.78, 5) is 11.4. The summed E-state index contributed by atoms with van der Waals surface area (Å²) >= 11 is 0. The van der Waals surface area contributed by atoms with Crippen molar-refractivity contribution in [1.29, 1.82) is 0 Å². The molecule has 0 unspecified atom stereocenters. The van der Waals surface area contributed by atoms with Crippen LogP contribution in [-0.4, -0.2) is 17.1 Å². The first-order valence-corrected chi connectivity index (χ1v) is 5.61. The fourth-order valence-electron chi connectivity index (χ4n) is 1.83. The molecule has 0 saturated carbocycles. The Morgan fingerprint density at radius 3 is 3.00 bits per heavy atom.